The van der Waals surface area contributed by atoms with Crippen molar-refractivity contribution in [1.29, 1.82) is 0 Å². The van der Waals surface area contributed by atoms with Gasteiger partial charge in [-0.1, -0.05) is 20.8 Å². The fourth-order valence-electron chi connectivity index (χ4n) is 2.29. The lowest BCUT2D eigenvalue weighted by Gasteiger charge is -2.41. The Morgan fingerprint density at radius 2 is 1.74 bits per heavy atom. The SMILES string of the molecule is CCCN(C(CC)(CC)CN)S(=O)(=O)CCOCC. The Hall–Kier alpha value is -0.170. The Bertz CT molecular complexity index is 319. The summed E-state index contributed by atoms with van der Waals surface area (Å²) in [5.41, 5.74) is 5.42. The van der Waals surface area contributed by atoms with Gasteiger partial charge in [-0.05, 0) is 26.2 Å². The van der Waals surface area contributed by atoms with Crippen LogP contribution < -0.4 is 5.73 Å². The van der Waals surface area contributed by atoms with E-state index in [9.17, 15) is 8.42 Å². The van der Waals surface area contributed by atoms with E-state index in [1.807, 2.05) is 27.7 Å². The van der Waals surface area contributed by atoms with Crippen molar-refractivity contribution in [3.05, 3.63) is 0 Å². The smallest absolute Gasteiger partial charge is 0.216 e. The second-order valence-electron chi connectivity index (χ2n) is 4.72. The first-order valence-corrected chi connectivity index (χ1v) is 8.83. The van der Waals surface area contributed by atoms with E-state index in [0.717, 1.165) is 19.3 Å². The minimum atomic E-state index is -3.32. The molecule has 5 nitrogen and oxygen atoms in total. The summed E-state index contributed by atoms with van der Waals surface area (Å²) in [7, 11) is -3.32. The molecule has 0 amide bonds. The molecule has 0 fully saturated rings. The molecule has 0 spiro atoms. The highest BCUT2D eigenvalue weighted by molar-refractivity contribution is 7.89. The van der Waals surface area contributed by atoms with Crippen molar-refractivity contribution in [2.75, 3.05) is 32.1 Å². The summed E-state index contributed by atoms with van der Waals surface area (Å²) >= 11 is 0. The lowest BCUT2D eigenvalue weighted by molar-refractivity contribution is 0.154. The third kappa shape index (κ3) is 5.02. The number of sulfonamides is 1. The maximum absolute atomic E-state index is 12.5. The fraction of sp³-hybridized carbons (Fsp3) is 1.00. The summed E-state index contributed by atoms with van der Waals surface area (Å²) in [5.74, 6) is 0.0303. The van der Waals surface area contributed by atoms with Crippen molar-refractivity contribution in [3.63, 3.8) is 0 Å². The molecule has 0 aromatic heterocycles. The second kappa shape index (κ2) is 8.89. The van der Waals surface area contributed by atoms with E-state index >= 15 is 0 Å². The average Bonchev–Trinajstić information content (AvgIpc) is 2.40. The van der Waals surface area contributed by atoms with Crippen LogP contribution in [0.2, 0.25) is 0 Å². The van der Waals surface area contributed by atoms with Crippen LogP contribution in [0.25, 0.3) is 0 Å². The van der Waals surface area contributed by atoms with E-state index in [-0.39, 0.29) is 12.4 Å². The van der Waals surface area contributed by atoms with Crippen LogP contribution in [-0.2, 0) is 14.8 Å². The van der Waals surface area contributed by atoms with Gasteiger partial charge in [-0.15, -0.1) is 0 Å². The van der Waals surface area contributed by atoms with Crippen molar-refractivity contribution < 1.29 is 13.2 Å². The molecule has 0 heterocycles. The van der Waals surface area contributed by atoms with Crippen molar-refractivity contribution in [2.24, 2.45) is 5.73 Å². The van der Waals surface area contributed by atoms with E-state index in [0.29, 0.717) is 19.7 Å². The molecule has 0 unspecified atom stereocenters. The molecule has 0 aliphatic heterocycles. The number of ether oxygens (including phenoxy) is 1. The maximum atomic E-state index is 12.5. The standard InChI is InChI=1S/C13H30N2O3S/c1-5-9-15(13(6-2,7-3)12-14)19(16,17)11-10-18-8-4/h5-12,14H2,1-4H3. The molecule has 19 heavy (non-hydrogen) atoms. The average molecular weight is 294 g/mol. The molecule has 2 N–H and O–H groups in total. The van der Waals surface area contributed by atoms with Gasteiger partial charge in [-0.25, -0.2) is 8.42 Å². The molecule has 0 aliphatic rings. The Morgan fingerprint density at radius 3 is 2.11 bits per heavy atom. The topological polar surface area (TPSA) is 72.6 Å². The van der Waals surface area contributed by atoms with Gasteiger partial charge in [0.1, 0.15) is 0 Å². The summed E-state index contributed by atoms with van der Waals surface area (Å²) < 4.78 is 31.8. The minimum Gasteiger partial charge on any atom is -0.381 e. The van der Waals surface area contributed by atoms with Crippen molar-refractivity contribution >= 4 is 10.0 Å². The molecular formula is C13H30N2O3S. The Morgan fingerprint density at radius 1 is 1.16 bits per heavy atom. The van der Waals surface area contributed by atoms with Gasteiger partial charge in [0.2, 0.25) is 10.0 Å². The van der Waals surface area contributed by atoms with Gasteiger partial charge in [0.15, 0.2) is 0 Å². The number of hydrogen-bond donors (Lipinski definition) is 1. The summed E-state index contributed by atoms with van der Waals surface area (Å²) in [6, 6.07) is 0. The lowest BCUT2D eigenvalue weighted by atomic mass is 9.93. The summed E-state index contributed by atoms with van der Waals surface area (Å²) in [6.07, 6.45) is 2.25. The molecule has 6 heteroatoms. The van der Waals surface area contributed by atoms with Gasteiger partial charge >= 0.3 is 0 Å². The molecule has 0 saturated heterocycles. The van der Waals surface area contributed by atoms with E-state index in [4.69, 9.17) is 10.5 Å². The molecule has 0 saturated carbocycles. The van der Waals surface area contributed by atoms with Gasteiger partial charge in [0, 0.05) is 25.2 Å². The summed E-state index contributed by atoms with van der Waals surface area (Å²) in [4.78, 5) is 0. The van der Waals surface area contributed by atoms with E-state index in [1.54, 1.807) is 4.31 Å². The first-order valence-electron chi connectivity index (χ1n) is 7.22. The van der Waals surface area contributed by atoms with Crippen molar-refractivity contribution in [3.8, 4) is 0 Å². The van der Waals surface area contributed by atoms with Gasteiger partial charge in [0.25, 0.3) is 0 Å². The first-order chi connectivity index (χ1) is 8.94. The zero-order valence-corrected chi connectivity index (χ0v) is 13.6. The molecule has 0 aromatic carbocycles. The van der Waals surface area contributed by atoms with Crippen LogP contribution in [0, 0.1) is 0 Å². The molecule has 0 aromatic rings. The molecule has 116 valence electrons. The van der Waals surface area contributed by atoms with Crippen molar-refractivity contribution in [2.45, 2.75) is 52.5 Å². The predicted octanol–water partition coefficient (Wildman–Crippen LogP) is 1.58. The van der Waals surface area contributed by atoms with Crippen LogP contribution in [0.15, 0.2) is 0 Å². The number of hydrogen-bond acceptors (Lipinski definition) is 4. The Balaban J connectivity index is 5.16. The number of rotatable bonds is 11. The first kappa shape index (κ1) is 18.8. The Kier molecular flexibility index (Phi) is 8.81. The lowest BCUT2D eigenvalue weighted by Crippen LogP contribution is -2.56. The quantitative estimate of drug-likeness (QED) is 0.587. The largest absolute Gasteiger partial charge is 0.381 e. The molecule has 0 atom stereocenters. The maximum Gasteiger partial charge on any atom is 0.216 e. The van der Waals surface area contributed by atoms with E-state index in [1.165, 1.54) is 0 Å². The molecular weight excluding hydrogens is 264 g/mol. The van der Waals surface area contributed by atoms with E-state index in [2.05, 4.69) is 0 Å². The van der Waals surface area contributed by atoms with Gasteiger partial charge in [-0.3, -0.25) is 0 Å². The predicted molar refractivity (Wildman–Crippen MR) is 79.6 cm³/mol. The molecule has 0 aliphatic carbocycles. The highest BCUT2D eigenvalue weighted by Crippen LogP contribution is 2.26. The molecule has 0 rings (SSSR count). The van der Waals surface area contributed by atoms with Crippen LogP contribution in [0.1, 0.15) is 47.0 Å². The van der Waals surface area contributed by atoms with Crippen LogP contribution in [0.5, 0.6) is 0 Å². The van der Waals surface area contributed by atoms with Crippen molar-refractivity contribution in [1.82, 2.24) is 4.31 Å². The summed E-state index contributed by atoms with van der Waals surface area (Å²) in [6.45, 7) is 9.49. The van der Waals surface area contributed by atoms with Gasteiger partial charge in [-0.2, -0.15) is 4.31 Å². The van der Waals surface area contributed by atoms with Crippen LogP contribution in [-0.4, -0.2) is 50.3 Å². The highest BCUT2D eigenvalue weighted by Gasteiger charge is 2.39. The highest BCUT2D eigenvalue weighted by atomic mass is 32.2. The third-order valence-corrected chi connectivity index (χ3v) is 5.60. The summed E-state index contributed by atoms with van der Waals surface area (Å²) in [5, 5.41) is 0. The third-order valence-electron chi connectivity index (χ3n) is 3.68. The number of nitrogens with zero attached hydrogens (tertiary/aromatic N) is 1. The van der Waals surface area contributed by atoms with Crippen LogP contribution in [0.4, 0.5) is 0 Å². The van der Waals surface area contributed by atoms with Crippen LogP contribution >= 0.6 is 0 Å². The van der Waals surface area contributed by atoms with E-state index < -0.39 is 15.6 Å². The van der Waals surface area contributed by atoms with Gasteiger partial charge in [0.05, 0.1) is 12.4 Å². The minimum absolute atomic E-state index is 0.0303. The molecule has 0 bridgehead atoms. The monoisotopic (exact) mass is 294 g/mol. The zero-order valence-electron chi connectivity index (χ0n) is 12.8. The Labute approximate surface area is 118 Å². The van der Waals surface area contributed by atoms with Gasteiger partial charge < -0.3 is 10.5 Å². The number of nitrogens with two attached hydrogens (primary N) is 1. The fourth-order valence-corrected chi connectivity index (χ4v) is 4.22. The second-order valence-corrected chi connectivity index (χ2v) is 6.73. The van der Waals surface area contributed by atoms with Crippen LogP contribution in [0.3, 0.4) is 0 Å². The molecule has 0 radical (unpaired) electrons. The zero-order chi connectivity index (χ0) is 14.9. The normalized spacial score (nSPS) is 13.2.